The second kappa shape index (κ2) is 6.50. The second-order valence-corrected chi connectivity index (χ2v) is 9.62. The number of phenols is 1. The van der Waals surface area contributed by atoms with E-state index >= 15 is 0 Å². The Balaban J connectivity index is 2.31. The maximum absolute atomic E-state index is 12.6. The molecule has 0 radical (unpaired) electrons. The first kappa shape index (κ1) is 20.2. The van der Waals surface area contributed by atoms with Gasteiger partial charge in [0.15, 0.2) is 0 Å². The standard InChI is InChI=1S/C23H28O5/c1-12-8-17-19(21(26)27-12)14(11-18(24)28-17)13-9-15(22(2,3)4)20(25)16(10-13)23(5,6)7/h8-10,14,25H,11H2,1-7H3/t14-/m1/s1. The summed E-state index contributed by atoms with van der Waals surface area (Å²) in [6, 6.07) is 5.38. The van der Waals surface area contributed by atoms with Crippen molar-refractivity contribution in [2.75, 3.05) is 0 Å². The molecule has 0 amide bonds. The Labute approximate surface area is 165 Å². The first-order valence-corrected chi connectivity index (χ1v) is 9.52. The van der Waals surface area contributed by atoms with Crippen LogP contribution in [0.1, 0.15) is 81.9 Å². The molecule has 28 heavy (non-hydrogen) atoms. The molecule has 2 aromatic rings. The number of carbonyl (C=O) groups excluding carboxylic acids is 1. The van der Waals surface area contributed by atoms with Gasteiger partial charge in [0.25, 0.3) is 0 Å². The zero-order valence-corrected chi connectivity index (χ0v) is 17.6. The van der Waals surface area contributed by atoms with E-state index in [-0.39, 0.29) is 34.7 Å². The number of hydrogen-bond donors (Lipinski definition) is 1. The first-order valence-electron chi connectivity index (χ1n) is 9.52. The third-order valence-electron chi connectivity index (χ3n) is 5.17. The third kappa shape index (κ3) is 3.58. The Morgan fingerprint density at radius 1 is 0.964 bits per heavy atom. The molecular formula is C23H28O5. The Morgan fingerprint density at radius 2 is 1.50 bits per heavy atom. The normalized spacial score (nSPS) is 17.2. The number of carbonyl (C=O) groups is 1. The van der Waals surface area contributed by atoms with Crippen LogP contribution in [0.15, 0.2) is 27.4 Å². The number of fused-ring (bicyclic) bond motifs is 1. The van der Waals surface area contributed by atoms with Gasteiger partial charge in [-0.25, -0.2) is 4.79 Å². The summed E-state index contributed by atoms with van der Waals surface area (Å²) in [5.41, 5.74) is 1.62. The molecule has 1 aromatic heterocycles. The number of benzene rings is 1. The Hall–Kier alpha value is -2.56. The minimum absolute atomic E-state index is 0.0543. The maximum atomic E-state index is 12.6. The van der Waals surface area contributed by atoms with E-state index in [0.717, 1.165) is 16.7 Å². The number of aromatic hydroxyl groups is 1. The van der Waals surface area contributed by atoms with Crippen LogP contribution in [0.5, 0.6) is 11.5 Å². The smallest absolute Gasteiger partial charge is 0.343 e. The summed E-state index contributed by atoms with van der Waals surface area (Å²) in [6.07, 6.45) is 0.0543. The lowest BCUT2D eigenvalue weighted by Crippen LogP contribution is -2.27. The molecule has 1 aliphatic rings. The van der Waals surface area contributed by atoms with Gasteiger partial charge in [-0.05, 0) is 34.4 Å². The zero-order chi connectivity index (χ0) is 21.0. The molecule has 5 nitrogen and oxygen atoms in total. The van der Waals surface area contributed by atoms with E-state index < -0.39 is 11.5 Å². The van der Waals surface area contributed by atoms with Crippen molar-refractivity contribution >= 4 is 5.97 Å². The monoisotopic (exact) mass is 384 g/mol. The summed E-state index contributed by atoms with van der Waals surface area (Å²) in [6.45, 7) is 13.8. The fourth-order valence-corrected chi connectivity index (χ4v) is 3.71. The molecule has 0 unspecified atom stereocenters. The van der Waals surface area contributed by atoms with Crippen molar-refractivity contribution in [1.29, 1.82) is 0 Å². The molecule has 0 saturated carbocycles. The van der Waals surface area contributed by atoms with Gasteiger partial charge in [0.1, 0.15) is 17.3 Å². The van der Waals surface area contributed by atoms with Crippen LogP contribution in [-0.4, -0.2) is 11.1 Å². The average molecular weight is 384 g/mol. The van der Waals surface area contributed by atoms with Gasteiger partial charge in [-0.2, -0.15) is 0 Å². The van der Waals surface area contributed by atoms with Crippen LogP contribution >= 0.6 is 0 Å². The van der Waals surface area contributed by atoms with Crippen LogP contribution < -0.4 is 10.4 Å². The Bertz CT molecular complexity index is 964. The lowest BCUT2D eigenvalue weighted by Gasteiger charge is -2.31. The second-order valence-electron chi connectivity index (χ2n) is 9.62. The number of rotatable bonds is 1. The predicted octanol–water partition coefficient (Wildman–Crippen LogP) is 4.69. The molecule has 5 heteroatoms. The van der Waals surface area contributed by atoms with Gasteiger partial charge in [0.05, 0.1) is 12.0 Å². The Kier molecular flexibility index (Phi) is 4.69. The SMILES string of the molecule is Cc1cc2c(c(=O)o1)[C@@H](c1cc(C(C)(C)C)c(O)c(C(C)(C)C)c1)CC(=O)O2. The van der Waals surface area contributed by atoms with E-state index in [9.17, 15) is 14.7 Å². The van der Waals surface area contributed by atoms with Gasteiger partial charge >= 0.3 is 11.6 Å². The van der Waals surface area contributed by atoms with Crippen molar-refractivity contribution < 1.29 is 19.1 Å². The van der Waals surface area contributed by atoms with Gasteiger partial charge in [0.2, 0.25) is 0 Å². The van der Waals surface area contributed by atoms with E-state index in [1.165, 1.54) is 0 Å². The first-order chi connectivity index (χ1) is 12.8. The molecule has 1 aromatic carbocycles. The van der Waals surface area contributed by atoms with Crippen molar-refractivity contribution in [3.05, 3.63) is 56.6 Å². The van der Waals surface area contributed by atoms with Crippen LogP contribution in [0.2, 0.25) is 0 Å². The topological polar surface area (TPSA) is 76.7 Å². The summed E-state index contributed by atoms with van der Waals surface area (Å²) in [5.74, 6) is 0.0609. The fraction of sp³-hybridized carbons (Fsp3) is 0.478. The molecule has 0 spiro atoms. The van der Waals surface area contributed by atoms with E-state index in [2.05, 4.69) is 0 Å². The van der Waals surface area contributed by atoms with Crippen LogP contribution in [0.25, 0.3) is 0 Å². The van der Waals surface area contributed by atoms with Crippen molar-refractivity contribution in [2.45, 2.75) is 71.6 Å². The van der Waals surface area contributed by atoms with E-state index in [4.69, 9.17) is 9.15 Å². The van der Waals surface area contributed by atoms with Crippen molar-refractivity contribution in [1.82, 2.24) is 0 Å². The van der Waals surface area contributed by atoms with Crippen LogP contribution in [0.4, 0.5) is 0 Å². The highest BCUT2D eigenvalue weighted by atomic mass is 16.5. The molecule has 2 heterocycles. The molecule has 0 fully saturated rings. The summed E-state index contributed by atoms with van der Waals surface area (Å²) in [4.78, 5) is 24.9. The van der Waals surface area contributed by atoms with E-state index in [0.29, 0.717) is 11.3 Å². The molecule has 3 rings (SSSR count). The van der Waals surface area contributed by atoms with Crippen molar-refractivity contribution in [3.63, 3.8) is 0 Å². The molecule has 0 aliphatic carbocycles. The minimum atomic E-state index is -0.491. The lowest BCUT2D eigenvalue weighted by molar-refractivity contribution is -0.135. The number of esters is 1. The summed E-state index contributed by atoms with van der Waals surface area (Å²) in [7, 11) is 0. The van der Waals surface area contributed by atoms with Gasteiger partial charge < -0.3 is 14.3 Å². The van der Waals surface area contributed by atoms with E-state index in [1.807, 2.05) is 53.7 Å². The predicted molar refractivity (Wildman–Crippen MR) is 107 cm³/mol. The fourth-order valence-electron chi connectivity index (χ4n) is 3.71. The number of aryl methyl sites for hydroxylation is 1. The molecule has 150 valence electrons. The van der Waals surface area contributed by atoms with Crippen molar-refractivity contribution in [2.24, 2.45) is 0 Å². The van der Waals surface area contributed by atoms with Crippen LogP contribution in [0, 0.1) is 6.92 Å². The third-order valence-corrected chi connectivity index (χ3v) is 5.17. The maximum Gasteiger partial charge on any atom is 0.343 e. The van der Waals surface area contributed by atoms with E-state index in [1.54, 1.807) is 13.0 Å². The highest BCUT2D eigenvalue weighted by Crippen LogP contribution is 2.44. The summed E-state index contributed by atoms with van der Waals surface area (Å²) < 4.78 is 10.6. The number of phenolic OH excluding ortho intramolecular Hbond substituents is 1. The Morgan fingerprint density at radius 3 is 2.00 bits per heavy atom. The van der Waals surface area contributed by atoms with Crippen LogP contribution in [0.3, 0.4) is 0 Å². The quantitative estimate of drug-likeness (QED) is 0.722. The molecule has 0 saturated heterocycles. The molecular weight excluding hydrogens is 356 g/mol. The molecule has 0 bridgehead atoms. The van der Waals surface area contributed by atoms with Gasteiger partial charge in [0, 0.05) is 12.0 Å². The van der Waals surface area contributed by atoms with Gasteiger partial charge in [-0.3, -0.25) is 4.79 Å². The highest BCUT2D eigenvalue weighted by molar-refractivity contribution is 5.77. The molecule has 1 atom stereocenters. The number of ether oxygens (including phenoxy) is 1. The van der Waals surface area contributed by atoms with Gasteiger partial charge in [-0.1, -0.05) is 53.7 Å². The molecule has 1 N–H and O–H groups in total. The lowest BCUT2D eigenvalue weighted by atomic mass is 9.75. The number of hydrogen-bond acceptors (Lipinski definition) is 5. The van der Waals surface area contributed by atoms with Gasteiger partial charge in [-0.15, -0.1) is 0 Å². The summed E-state index contributed by atoms with van der Waals surface area (Å²) in [5, 5.41) is 10.9. The molecule has 1 aliphatic heterocycles. The highest BCUT2D eigenvalue weighted by Gasteiger charge is 2.35. The largest absolute Gasteiger partial charge is 0.507 e. The zero-order valence-electron chi connectivity index (χ0n) is 17.6. The van der Waals surface area contributed by atoms with Crippen LogP contribution in [-0.2, 0) is 15.6 Å². The average Bonchev–Trinajstić information content (AvgIpc) is 2.51. The van der Waals surface area contributed by atoms with Crippen molar-refractivity contribution in [3.8, 4) is 11.5 Å². The minimum Gasteiger partial charge on any atom is -0.507 e. The summed E-state index contributed by atoms with van der Waals surface area (Å²) >= 11 is 0.